The number of ketones is 1. The van der Waals surface area contributed by atoms with E-state index in [0.29, 0.717) is 12.2 Å². The molecule has 0 spiro atoms. The Morgan fingerprint density at radius 1 is 0.968 bits per heavy atom. The smallest absolute Gasteiger partial charge is 0.163 e. The number of anilines is 2. The summed E-state index contributed by atoms with van der Waals surface area (Å²) in [6, 6.07) is 17.7. The van der Waals surface area contributed by atoms with Gasteiger partial charge < -0.3 is 20.1 Å². The van der Waals surface area contributed by atoms with Gasteiger partial charge in [0, 0.05) is 40.1 Å². The van der Waals surface area contributed by atoms with Gasteiger partial charge in [-0.2, -0.15) is 0 Å². The van der Waals surface area contributed by atoms with E-state index in [4.69, 9.17) is 9.47 Å². The minimum Gasteiger partial charge on any atom is -0.497 e. The number of nitrogens with one attached hydrogen (secondary N) is 2. The first-order chi connectivity index (χ1) is 15.2. The molecule has 0 radical (unpaired) electrons. The number of carbonyl (C=O) groups is 1. The van der Waals surface area contributed by atoms with Gasteiger partial charge in [-0.3, -0.25) is 4.79 Å². The SMILES string of the molecule is COc1ccc([C@H]2Nc3ccccc3NC3=C2C(=O)C[C@@H](c2cccs2)C3)c(OC)c1. The third-order valence-corrected chi connectivity index (χ3v) is 7.04. The highest BCUT2D eigenvalue weighted by Crippen LogP contribution is 2.46. The number of benzene rings is 2. The normalized spacial score (nSPS) is 20.1. The van der Waals surface area contributed by atoms with Gasteiger partial charge in [0.1, 0.15) is 11.5 Å². The molecule has 158 valence electrons. The Bertz CT molecular complexity index is 1150. The van der Waals surface area contributed by atoms with Crippen LogP contribution in [0, 0.1) is 0 Å². The Kier molecular flexibility index (Phi) is 5.16. The Labute approximate surface area is 185 Å². The van der Waals surface area contributed by atoms with E-state index in [2.05, 4.69) is 28.1 Å². The van der Waals surface area contributed by atoms with Gasteiger partial charge >= 0.3 is 0 Å². The number of allylic oxidation sites excluding steroid dienone is 1. The summed E-state index contributed by atoms with van der Waals surface area (Å²) in [6.07, 6.45) is 1.31. The fourth-order valence-corrected chi connectivity index (χ4v) is 5.34. The van der Waals surface area contributed by atoms with E-state index >= 15 is 0 Å². The molecular weight excluding hydrogens is 408 g/mol. The Hall–Kier alpha value is -3.25. The minimum absolute atomic E-state index is 0.162. The summed E-state index contributed by atoms with van der Waals surface area (Å²) in [4.78, 5) is 14.8. The molecule has 1 aromatic heterocycles. The van der Waals surface area contributed by atoms with E-state index in [1.807, 2.05) is 42.5 Å². The number of ether oxygens (including phenoxy) is 2. The summed E-state index contributed by atoms with van der Waals surface area (Å²) in [7, 11) is 3.28. The monoisotopic (exact) mass is 432 g/mol. The number of rotatable bonds is 4. The molecule has 2 aromatic carbocycles. The third-order valence-electron chi connectivity index (χ3n) is 6.01. The van der Waals surface area contributed by atoms with Crippen molar-refractivity contribution in [2.75, 3.05) is 24.9 Å². The second-order valence-electron chi connectivity index (χ2n) is 7.79. The number of carbonyl (C=O) groups excluding carboxylic acids is 1. The van der Waals surface area contributed by atoms with Crippen molar-refractivity contribution in [1.29, 1.82) is 0 Å². The molecule has 0 bridgehead atoms. The van der Waals surface area contributed by atoms with Crippen molar-refractivity contribution in [2.45, 2.75) is 24.8 Å². The molecule has 6 heteroatoms. The highest BCUT2D eigenvalue weighted by molar-refractivity contribution is 7.10. The fourth-order valence-electron chi connectivity index (χ4n) is 4.51. The molecule has 0 saturated heterocycles. The number of hydrogen-bond donors (Lipinski definition) is 2. The fraction of sp³-hybridized carbons (Fsp3) is 0.240. The minimum atomic E-state index is -0.316. The van der Waals surface area contributed by atoms with Crippen LogP contribution in [-0.2, 0) is 4.79 Å². The molecule has 5 rings (SSSR count). The summed E-state index contributed by atoms with van der Waals surface area (Å²) < 4.78 is 11.1. The molecule has 2 atom stereocenters. The van der Waals surface area contributed by atoms with Crippen molar-refractivity contribution in [3.8, 4) is 11.5 Å². The Morgan fingerprint density at radius 3 is 2.55 bits per heavy atom. The van der Waals surface area contributed by atoms with Crippen LogP contribution in [0.2, 0.25) is 0 Å². The predicted octanol–water partition coefficient (Wildman–Crippen LogP) is 5.74. The lowest BCUT2D eigenvalue weighted by molar-refractivity contribution is -0.116. The molecule has 2 N–H and O–H groups in total. The van der Waals surface area contributed by atoms with E-state index in [0.717, 1.165) is 40.4 Å². The van der Waals surface area contributed by atoms with Crippen molar-refractivity contribution >= 4 is 28.5 Å². The highest BCUT2D eigenvalue weighted by Gasteiger charge is 2.37. The van der Waals surface area contributed by atoms with Gasteiger partial charge in [-0.25, -0.2) is 0 Å². The zero-order valence-electron chi connectivity index (χ0n) is 17.5. The summed E-state index contributed by atoms with van der Waals surface area (Å²) in [6.45, 7) is 0. The molecule has 0 amide bonds. The van der Waals surface area contributed by atoms with Crippen LogP contribution in [0.1, 0.15) is 35.2 Å². The van der Waals surface area contributed by atoms with Crippen molar-refractivity contribution in [2.24, 2.45) is 0 Å². The van der Waals surface area contributed by atoms with Crippen LogP contribution in [-0.4, -0.2) is 20.0 Å². The first kappa shape index (κ1) is 19.7. The highest BCUT2D eigenvalue weighted by atomic mass is 32.1. The lowest BCUT2D eigenvalue weighted by Crippen LogP contribution is -2.26. The van der Waals surface area contributed by atoms with Gasteiger partial charge in [0.15, 0.2) is 5.78 Å². The van der Waals surface area contributed by atoms with Crippen LogP contribution in [0.15, 0.2) is 71.2 Å². The lowest BCUT2D eigenvalue weighted by atomic mass is 9.80. The van der Waals surface area contributed by atoms with Gasteiger partial charge in [0.25, 0.3) is 0 Å². The number of para-hydroxylation sites is 2. The average Bonchev–Trinajstić information content (AvgIpc) is 3.28. The van der Waals surface area contributed by atoms with E-state index < -0.39 is 0 Å². The van der Waals surface area contributed by atoms with Gasteiger partial charge in [0.2, 0.25) is 0 Å². The zero-order valence-corrected chi connectivity index (χ0v) is 18.3. The van der Waals surface area contributed by atoms with Crippen molar-refractivity contribution in [1.82, 2.24) is 0 Å². The Morgan fingerprint density at radius 2 is 1.81 bits per heavy atom. The van der Waals surface area contributed by atoms with Crippen LogP contribution in [0.4, 0.5) is 11.4 Å². The van der Waals surface area contributed by atoms with E-state index in [9.17, 15) is 4.79 Å². The van der Waals surface area contributed by atoms with Gasteiger partial charge in [0.05, 0.1) is 31.6 Å². The molecule has 31 heavy (non-hydrogen) atoms. The first-order valence-corrected chi connectivity index (χ1v) is 11.2. The molecule has 1 aliphatic carbocycles. The second-order valence-corrected chi connectivity index (χ2v) is 8.77. The van der Waals surface area contributed by atoms with Crippen LogP contribution < -0.4 is 20.1 Å². The number of methoxy groups -OCH3 is 2. The maximum atomic E-state index is 13.5. The number of thiophene rings is 1. The lowest BCUT2D eigenvalue weighted by Gasteiger charge is -2.30. The van der Waals surface area contributed by atoms with Crippen molar-refractivity contribution in [3.63, 3.8) is 0 Å². The van der Waals surface area contributed by atoms with Gasteiger partial charge in [-0.05, 0) is 42.1 Å². The van der Waals surface area contributed by atoms with Crippen LogP contribution >= 0.6 is 11.3 Å². The third kappa shape index (κ3) is 3.57. The van der Waals surface area contributed by atoms with Crippen molar-refractivity contribution < 1.29 is 14.3 Å². The molecule has 3 aromatic rings. The first-order valence-electron chi connectivity index (χ1n) is 10.3. The number of hydrogen-bond acceptors (Lipinski definition) is 6. The van der Waals surface area contributed by atoms with Crippen LogP contribution in [0.25, 0.3) is 0 Å². The summed E-state index contributed by atoms with van der Waals surface area (Å²) in [5.41, 5.74) is 4.62. The number of Topliss-reactive ketones (excluding diaryl/α,β-unsaturated/α-hetero) is 1. The van der Waals surface area contributed by atoms with E-state index in [-0.39, 0.29) is 17.7 Å². The average molecular weight is 433 g/mol. The molecule has 2 aliphatic rings. The molecule has 2 heterocycles. The standard InChI is InChI=1S/C25H24N2O3S/c1-29-16-9-10-17(22(14-16)30-2)25-24-20(26-18-6-3-4-7-19(18)27-25)12-15(13-21(24)28)23-8-5-11-31-23/h3-11,14-15,25-27H,12-13H2,1-2H3/t15-,25+/m0/s1. The van der Waals surface area contributed by atoms with E-state index in [1.54, 1.807) is 25.6 Å². The maximum absolute atomic E-state index is 13.5. The van der Waals surface area contributed by atoms with Gasteiger partial charge in [-0.15, -0.1) is 11.3 Å². The quantitative estimate of drug-likeness (QED) is 0.550. The van der Waals surface area contributed by atoms with Gasteiger partial charge in [-0.1, -0.05) is 18.2 Å². The molecule has 0 saturated carbocycles. The predicted molar refractivity (Wildman–Crippen MR) is 124 cm³/mol. The maximum Gasteiger partial charge on any atom is 0.163 e. The van der Waals surface area contributed by atoms with E-state index in [1.165, 1.54) is 4.88 Å². The second kappa shape index (κ2) is 8.12. The zero-order chi connectivity index (χ0) is 21.4. The van der Waals surface area contributed by atoms with Crippen LogP contribution in [0.5, 0.6) is 11.5 Å². The molecular formula is C25H24N2O3S. The summed E-state index contributed by atoms with van der Waals surface area (Å²) >= 11 is 1.72. The van der Waals surface area contributed by atoms with Crippen LogP contribution in [0.3, 0.4) is 0 Å². The topological polar surface area (TPSA) is 59.6 Å². The summed E-state index contributed by atoms with van der Waals surface area (Å²) in [5, 5.41) is 9.26. The van der Waals surface area contributed by atoms with Crippen molar-refractivity contribution in [3.05, 3.63) is 81.7 Å². The Balaban J connectivity index is 1.65. The number of fused-ring (bicyclic) bond motifs is 1. The molecule has 0 unspecified atom stereocenters. The summed E-state index contributed by atoms with van der Waals surface area (Å²) in [5.74, 6) is 1.77. The molecule has 1 aliphatic heterocycles. The molecule has 5 nitrogen and oxygen atoms in total. The molecule has 0 fully saturated rings. The largest absolute Gasteiger partial charge is 0.497 e.